The first-order chi connectivity index (χ1) is 7.75. The van der Waals surface area contributed by atoms with Gasteiger partial charge in [0.1, 0.15) is 0 Å². The molecule has 1 heterocycles. The second-order valence-corrected chi connectivity index (χ2v) is 4.26. The fourth-order valence-corrected chi connectivity index (χ4v) is 1.95. The quantitative estimate of drug-likeness (QED) is 0.832. The van der Waals surface area contributed by atoms with Crippen LogP contribution in [-0.4, -0.2) is 6.03 Å². The number of urea groups is 1. The smallest absolute Gasteiger partial charge is 0.307 e. The first-order valence-corrected chi connectivity index (χ1v) is 5.92. The first kappa shape index (κ1) is 11.0. The number of nitrogens with one attached hydrogen (secondary N) is 2. The van der Waals surface area contributed by atoms with Gasteiger partial charge in [-0.05, 0) is 23.6 Å². The number of benzene rings is 1. The Bertz CT molecular complexity index is 484. The number of para-hydroxylation sites is 1. The zero-order valence-corrected chi connectivity index (χ0v) is 9.81. The summed E-state index contributed by atoms with van der Waals surface area (Å²) >= 11 is 7.43. The lowest BCUT2D eigenvalue weighted by Gasteiger charge is -2.07. The minimum Gasteiger partial charge on any atom is -0.307 e. The maximum atomic E-state index is 11.6. The molecule has 0 saturated heterocycles. The van der Waals surface area contributed by atoms with Crippen LogP contribution in [0.4, 0.5) is 16.2 Å². The molecule has 0 bridgehead atoms. The number of carbonyl (C=O) groups excluding carboxylic acids is 1. The molecule has 0 unspecified atom stereocenters. The third-order valence-electron chi connectivity index (χ3n) is 1.90. The number of rotatable bonds is 2. The molecule has 2 rings (SSSR count). The van der Waals surface area contributed by atoms with Crippen molar-refractivity contribution in [3.63, 3.8) is 0 Å². The van der Waals surface area contributed by atoms with Crippen LogP contribution >= 0.6 is 22.9 Å². The number of anilines is 2. The molecule has 2 N–H and O–H groups in total. The molecule has 0 fully saturated rings. The van der Waals surface area contributed by atoms with Crippen LogP contribution in [-0.2, 0) is 0 Å². The van der Waals surface area contributed by atoms with Crippen molar-refractivity contribution < 1.29 is 4.79 Å². The van der Waals surface area contributed by atoms with Crippen LogP contribution in [0.5, 0.6) is 0 Å². The summed E-state index contributed by atoms with van der Waals surface area (Å²) in [6.45, 7) is 0. The van der Waals surface area contributed by atoms with Crippen LogP contribution in [0.3, 0.4) is 0 Å². The van der Waals surface area contributed by atoms with E-state index in [1.807, 2.05) is 29.0 Å². The second-order valence-electron chi connectivity index (χ2n) is 3.07. The van der Waals surface area contributed by atoms with Crippen LogP contribution in [0.15, 0.2) is 41.1 Å². The monoisotopic (exact) mass is 252 g/mol. The minimum absolute atomic E-state index is 0.300. The van der Waals surface area contributed by atoms with Gasteiger partial charge in [0.25, 0.3) is 0 Å². The molecule has 16 heavy (non-hydrogen) atoms. The first-order valence-electron chi connectivity index (χ1n) is 4.60. The van der Waals surface area contributed by atoms with Gasteiger partial charge in [0.15, 0.2) is 0 Å². The van der Waals surface area contributed by atoms with Gasteiger partial charge < -0.3 is 10.6 Å². The Hall–Kier alpha value is -1.52. The highest BCUT2D eigenvalue weighted by Crippen LogP contribution is 2.20. The zero-order chi connectivity index (χ0) is 11.4. The Morgan fingerprint density at radius 3 is 2.69 bits per heavy atom. The van der Waals surface area contributed by atoms with Gasteiger partial charge >= 0.3 is 6.03 Å². The molecular formula is C11H9ClN2OS. The summed E-state index contributed by atoms with van der Waals surface area (Å²) in [6.07, 6.45) is 0. The Kier molecular flexibility index (Phi) is 3.44. The Labute approximate surface area is 102 Å². The van der Waals surface area contributed by atoms with Gasteiger partial charge in [-0.3, -0.25) is 0 Å². The van der Waals surface area contributed by atoms with Gasteiger partial charge in [0.05, 0.1) is 16.4 Å². The maximum absolute atomic E-state index is 11.6. The molecule has 0 atom stereocenters. The third kappa shape index (κ3) is 2.74. The molecule has 2 aromatic rings. The van der Waals surface area contributed by atoms with Crippen molar-refractivity contribution in [1.82, 2.24) is 0 Å². The summed E-state index contributed by atoms with van der Waals surface area (Å²) in [4.78, 5) is 11.6. The molecule has 82 valence electrons. The lowest BCUT2D eigenvalue weighted by molar-refractivity contribution is 0.262. The van der Waals surface area contributed by atoms with Crippen LogP contribution in [0.25, 0.3) is 0 Å². The van der Waals surface area contributed by atoms with Gasteiger partial charge in [-0.1, -0.05) is 23.7 Å². The highest BCUT2D eigenvalue weighted by Gasteiger charge is 2.04. The maximum Gasteiger partial charge on any atom is 0.323 e. The van der Waals surface area contributed by atoms with Crippen molar-refractivity contribution in [3.8, 4) is 0 Å². The largest absolute Gasteiger partial charge is 0.323 e. The van der Waals surface area contributed by atoms with Crippen LogP contribution in [0, 0.1) is 0 Å². The zero-order valence-electron chi connectivity index (χ0n) is 8.24. The van der Waals surface area contributed by atoms with Gasteiger partial charge in [-0.15, -0.1) is 0 Å². The van der Waals surface area contributed by atoms with E-state index in [9.17, 15) is 4.79 Å². The van der Waals surface area contributed by atoms with Gasteiger partial charge in [-0.25, -0.2) is 4.79 Å². The number of amides is 2. The SMILES string of the molecule is O=C(Nc1ccsc1)Nc1ccccc1Cl. The average molecular weight is 253 g/mol. The van der Waals surface area contributed by atoms with Crippen molar-refractivity contribution in [2.24, 2.45) is 0 Å². The highest BCUT2D eigenvalue weighted by molar-refractivity contribution is 7.08. The molecule has 1 aromatic heterocycles. The summed E-state index contributed by atoms with van der Waals surface area (Å²) < 4.78 is 0. The number of hydrogen-bond donors (Lipinski definition) is 2. The van der Waals surface area contributed by atoms with Gasteiger partial charge in [0.2, 0.25) is 0 Å². The molecule has 0 aliphatic heterocycles. The summed E-state index contributed by atoms with van der Waals surface area (Å²) in [5.41, 5.74) is 1.37. The summed E-state index contributed by atoms with van der Waals surface area (Å²) in [6, 6.07) is 8.62. The number of halogens is 1. The van der Waals surface area contributed by atoms with Crippen LogP contribution in [0.2, 0.25) is 5.02 Å². The number of carbonyl (C=O) groups is 1. The lowest BCUT2D eigenvalue weighted by Crippen LogP contribution is -2.19. The van der Waals surface area contributed by atoms with Crippen molar-refractivity contribution in [1.29, 1.82) is 0 Å². The van der Waals surface area contributed by atoms with Gasteiger partial charge in [-0.2, -0.15) is 11.3 Å². The molecule has 5 heteroatoms. The Morgan fingerprint density at radius 2 is 2.00 bits per heavy atom. The molecule has 0 aliphatic carbocycles. The number of hydrogen-bond acceptors (Lipinski definition) is 2. The van der Waals surface area contributed by atoms with Crippen LogP contribution in [0.1, 0.15) is 0 Å². The third-order valence-corrected chi connectivity index (χ3v) is 2.91. The van der Waals surface area contributed by atoms with E-state index in [1.54, 1.807) is 12.1 Å². The van der Waals surface area contributed by atoms with E-state index >= 15 is 0 Å². The minimum atomic E-state index is -0.300. The fourth-order valence-electron chi connectivity index (χ4n) is 1.18. The van der Waals surface area contributed by atoms with Crippen molar-refractivity contribution in [2.45, 2.75) is 0 Å². The van der Waals surface area contributed by atoms with Crippen molar-refractivity contribution in [2.75, 3.05) is 10.6 Å². The second kappa shape index (κ2) is 5.01. The molecule has 2 amide bonds. The van der Waals surface area contributed by atoms with Crippen molar-refractivity contribution in [3.05, 3.63) is 46.1 Å². The predicted molar refractivity (Wildman–Crippen MR) is 68.4 cm³/mol. The van der Waals surface area contributed by atoms with E-state index in [-0.39, 0.29) is 6.03 Å². The lowest BCUT2D eigenvalue weighted by atomic mass is 10.3. The van der Waals surface area contributed by atoms with Crippen molar-refractivity contribution >= 4 is 40.3 Å². The Morgan fingerprint density at radius 1 is 1.19 bits per heavy atom. The van der Waals surface area contributed by atoms with E-state index < -0.39 is 0 Å². The van der Waals surface area contributed by atoms with E-state index in [2.05, 4.69) is 10.6 Å². The van der Waals surface area contributed by atoms with E-state index in [1.165, 1.54) is 11.3 Å². The fraction of sp³-hybridized carbons (Fsp3) is 0. The average Bonchev–Trinajstić information content (AvgIpc) is 2.74. The summed E-state index contributed by atoms with van der Waals surface area (Å²) in [5, 5.41) is 9.63. The molecule has 3 nitrogen and oxygen atoms in total. The van der Waals surface area contributed by atoms with Crippen LogP contribution < -0.4 is 10.6 Å². The van der Waals surface area contributed by atoms with E-state index in [0.717, 1.165) is 5.69 Å². The normalized spacial score (nSPS) is 9.81. The van der Waals surface area contributed by atoms with E-state index in [0.29, 0.717) is 10.7 Å². The topological polar surface area (TPSA) is 41.1 Å². The molecule has 1 aromatic carbocycles. The standard InChI is InChI=1S/C11H9ClN2OS/c12-9-3-1-2-4-10(9)14-11(15)13-8-5-6-16-7-8/h1-7H,(H2,13,14,15). The summed E-state index contributed by atoms with van der Waals surface area (Å²) in [5.74, 6) is 0. The Balaban J connectivity index is 2.00. The molecule has 0 saturated carbocycles. The summed E-state index contributed by atoms with van der Waals surface area (Å²) in [7, 11) is 0. The predicted octanol–water partition coefficient (Wildman–Crippen LogP) is 4.05. The molecule has 0 aliphatic rings. The molecule has 0 radical (unpaired) electrons. The highest BCUT2D eigenvalue weighted by atomic mass is 35.5. The van der Waals surface area contributed by atoms with E-state index in [4.69, 9.17) is 11.6 Å². The molecule has 0 spiro atoms. The molecular weight excluding hydrogens is 244 g/mol. The van der Waals surface area contributed by atoms with Gasteiger partial charge in [0, 0.05) is 5.38 Å². The number of thiophene rings is 1.